The highest BCUT2D eigenvalue weighted by molar-refractivity contribution is 5.28. The van der Waals surface area contributed by atoms with Gasteiger partial charge in [-0.2, -0.15) is 0 Å². The van der Waals surface area contributed by atoms with Gasteiger partial charge in [0.15, 0.2) is 0 Å². The Hall–Kier alpha value is -1.60. The third-order valence-electron chi connectivity index (χ3n) is 3.84. The van der Waals surface area contributed by atoms with Gasteiger partial charge in [-0.15, -0.1) is 0 Å². The molecule has 1 N–H and O–H groups in total. The zero-order valence-corrected chi connectivity index (χ0v) is 12.6. The Bertz CT molecular complexity index is 504. The summed E-state index contributed by atoms with van der Waals surface area (Å²) in [5, 5.41) is 3.63. The lowest BCUT2D eigenvalue weighted by Gasteiger charge is -2.16. The zero-order valence-electron chi connectivity index (χ0n) is 12.6. The number of unbranched alkanes of at least 4 members (excludes halogenated alkanes) is 1. The van der Waals surface area contributed by atoms with Crippen LogP contribution in [0.15, 0.2) is 54.6 Å². The van der Waals surface area contributed by atoms with E-state index in [1.54, 1.807) is 0 Å². The number of nitrogens with one attached hydrogen (secondary N) is 1. The number of benzene rings is 2. The highest BCUT2D eigenvalue weighted by atomic mass is 14.9. The molecule has 0 bridgehead atoms. The maximum absolute atomic E-state index is 3.63. The molecule has 0 aliphatic rings. The average molecular weight is 267 g/mol. The van der Waals surface area contributed by atoms with Crippen LogP contribution in [0.2, 0.25) is 0 Å². The summed E-state index contributed by atoms with van der Waals surface area (Å²) in [4.78, 5) is 0. The van der Waals surface area contributed by atoms with Gasteiger partial charge in [0.2, 0.25) is 0 Å². The molecule has 0 aliphatic carbocycles. The van der Waals surface area contributed by atoms with Crippen molar-refractivity contribution >= 4 is 0 Å². The molecule has 2 aromatic rings. The fourth-order valence-electron chi connectivity index (χ4n) is 2.60. The molecule has 0 saturated carbocycles. The third kappa shape index (κ3) is 4.50. The van der Waals surface area contributed by atoms with Crippen LogP contribution in [-0.4, -0.2) is 6.54 Å². The minimum absolute atomic E-state index is 0.438. The average Bonchev–Trinajstić information content (AvgIpc) is 2.48. The minimum Gasteiger partial charge on any atom is -0.310 e. The van der Waals surface area contributed by atoms with E-state index in [0.29, 0.717) is 6.04 Å². The number of rotatable bonds is 7. The second kappa shape index (κ2) is 7.86. The molecular formula is C19H25N. The maximum atomic E-state index is 3.63. The Morgan fingerprint density at radius 1 is 0.900 bits per heavy atom. The maximum Gasteiger partial charge on any atom is 0.0294 e. The lowest BCUT2D eigenvalue weighted by molar-refractivity contribution is 0.545. The quantitative estimate of drug-likeness (QED) is 0.719. The molecule has 1 heteroatoms. The molecule has 0 radical (unpaired) electrons. The van der Waals surface area contributed by atoms with Crippen molar-refractivity contribution in [1.82, 2.24) is 5.32 Å². The summed E-state index contributed by atoms with van der Waals surface area (Å²) >= 11 is 0. The second-order valence-electron chi connectivity index (χ2n) is 5.48. The van der Waals surface area contributed by atoms with Gasteiger partial charge in [-0.05, 0) is 56.3 Å². The van der Waals surface area contributed by atoms with Crippen LogP contribution in [0.25, 0.3) is 0 Å². The van der Waals surface area contributed by atoms with E-state index in [-0.39, 0.29) is 0 Å². The van der Waals surface area contributed by atoms with Crippen LogP contribution in [-0.2, 0) is 6.42 Å². The van der Waals surface area contributed by atoms with E-state index in [1.807, 2.05) is 0 Å². The van der Waals surface area contributed by atoms with E-state index in [4.69, 9.17) is 0 Å². The highest BCUT2D eigenvalue weighted by Gasteiger charge is 2.06. The lowest BCUT2D eigenvalue weighted by atomic mass is 10.0. The fourth-order valence-corrected chi connectivity index (χ4v) is 2.60. The largest absolute Gasteiger partial charge is 0.310 e. The molecule has 0 aromatic heterocycles. The van der Waals surface area contributed by atoms with E-state index < -0.39 is 0 Å². The Morgan fingerprint density at radius 2 is 1.60 bits per heavy atom. The van der Waals surface area contributed by atoms with E-state index >= 15 is 0 Å². The number of aryl methyl sites for hydroxylation is 2. The van der Waals surface area contributed by atoms with E-state index in [2.05, 4.69) is 73.8 Å². The first-order valence-electron chi connectivity index (χ1n) is 7.60. The Kier molecular flexibility index (Phi) is 5.82. The molecule has 106 valence electrons. The molecule has 0 saturated heterocycles. The van der Waals surface area contributed by atoms with Gasteiger partial charge in [0.1, 0.15) is 0 Å². The van der Waals surface area contributed by atoms with E-state index in [1.165, 1.54) is 36.0 Å². The van der Waals surface area contributed by atoms with Crippen LogP contribution in [0.4, 0.5) is 0 Å². The van der Waals surface area contributed by atoms with Gasteiger partial charge in [0.05, 0.1) is 0 Å². The normalized spacial score (nSPS) is 12.3. The monoisotopic (exact) mass is 267 g/mol. The van der Waals surface area contributed by atoms with Gasteiger partial charge < -0.3 is 5.32 Å². The van der Waals surface area contributed by atoms with Crippen LogP contribution >= 0.6 is 0 Å². The number of hydrogen-bond donors (Lipinski definition) is 1. The third-order valence-corrected chi connectivity index (χ3v) is 3.84. The Labute approximate surface area is 123 Å². The van der Waals surface area contributed by atoms with Crippen molar-refractivity contribution in [1.29, 1.82) is 0 Å². The first-order valence-corrected chi connectivity index (χ1v) is 7.60. The van der Waals surface area contributed by atoms with E-state index in [9.17, 15) is 0 Å². The predicted octanol–water partition coefficient (Wildman–Crippen LogP) is 4.67. The van der Waals surface area contributed by atoms with Crippen molar-refractivity contribution in [2.45, 2.75) is 39.2 Å². The Balaban J connectivity index is 1.67. The van der Waals surface area contributed by atoms with Gasteiger partial charge in [-0.1, -0.05) is 54.6 Å². The smallest absolute Gasteiger partial charge is 0.0294 e. The van der Waals surface area contributed by atoms with Crippen LogP contribution in [0, 0.1) is 6.92 Å². The molecular weight excluding hydrogens is 242 g/mol. The predicted molar refractivity (Wildman–Crippen MR) is 87.0 cm³/mol. The second-order valence-corrected chi connectivity index (χ2v) is 5.48. The van der Waals surface area contributed by atoms with Crippen molar-refractivity contribution in [3.63, 3.8) is 0 Å². The molecule has 0 amide bonds. The van der Waals surface area contributed by atoms with Crippen LogP contribution < -0.4 is 5.32 Å². The highest BCUT2D eigenvalue weighted by Crippen LogP contribution is 2.16. The summed E-state index contributed by atoms with van der Waals surface area (Å²) in [6.07, 6.45) is 3.66. The molecule has 0 spiro atoms. The summed E-state index contributed by atoms with van der Waals surface area (Å²) in [5.74, 6) is 0. The van der Waals surface area contributed by atoms with Crippen molar-refractivity contribution in [3.8, 4) is 0 Å². The van der Waals surface area contributed by atoms with Crippen molar-refractivity contribution in [3.05, 3.63) is 71.3 Å². The van der Waals surface area contributed by atoms with Gasteiger partial charge in [0, 0.05) is 6.04 Å². The summed E-state index contributed by atoms with van der Waals surface area (Å²) < 4.78 is 0. The minimum atomic E-state index is 0.438. The zero-order chi connectivity index (χ0) is 14.2. The summed E-state index contributed by atoms with van der Waals surface area (Å²) in [5.41, 5.74) is 4.23. The van der Waals surface area contributed by atoms with Crippen LogP contribution in [0.5, 0.6) is 0 Å². The van der Waals surface area contributed by atoms with E-state index in [0.717, 1.165) is 6.54 Å². The fraction of sp³-hybridized carbons (Fsp3) is 0.368. The molecule has 0 fully saturated rings. The topological polar surface area (TPSA) is 12.0 Å². The van der Waals surface area contributed by atoms with Gasteiger partial charge >= 0.3 is 0 Å². The van der Waals surface area contributed by atoms with Crippen molar-refractivity contribution < 1.29 is 0 Å². The summed E-state index contributed by atoms with van der Waals surface area (Å²) in [6, 6.07) is 19.8. The Morgan fingerprint density at radius 3 is 2.35 bits per heavy atom. The van der Waals surface area contributed by atoms with Gasteiger partial charge in [-0.3, -0.25) is 0 Å². The molecule has 0 heterocycles. The van der Waals surface area contributed by atoms with Crippen LogP contribution in [0.3, 0.4) is 0 Å². The van der Waals surface area contributed by atoms with Crippen molar-refractivity contribution in [2.75, 3.05) is 6.54 Å². The van der Waals surface area contributed by atoms with Gasteiger partial charge in [0.25, 0.3) is 0 Å². The molecule has 2 rings (SSSR count). The SMILES string of the molecule is Cc1ccccc1C(C)NCCCCc1ccccc1. The van der Waals surface area contributed by atoms with Gasteiger partial charge in [-0.25, -0.2) is 0 Å². The lowest BCUT2D eigenvalue weighted by Crippen LogP contribution is -2.20. The first-order chi connectivity index (χ1) is 9.77. The van der Waals surface area contributed by atoms with Crippen LogP contribution in [0.1, 0.15) is 42.5 Å². The van der Waals surface area contributed by atoms with Crippen molar-refractivity contribution in [2.24, 2.45) is 0 Å². The summed E-state index contributed by atoms with van der Waals surface area (Å²) in [6.45, 7) is 5.52. The molecule has 0 aliphatic heterocycles. The molecule has 20 heavy (non-hydrogen) atoms. The molecule has 1 nitrogen and oxygen atoms in total. The summed E-state index contributed by atoms with van der Waals surface area (Å²) in [7, 11) is 0. The molecule has 1 atom stereocenters. The number of hydrogen-bond acceptors (Lipinski definition) is 1. The molecule has 1 unspecified atom stereocenters. The first kappa shape index (κ1) is 14.8. The standard InChI is InChI=1S/C19H25N/c1-16-10-6-7-14-19(16)17(2)20-15-9-8-13-18-11-4-3-5-12-18/h3-7,10-12,14,17,20H,8-9,13,15H2,1-2H3. The molecule has 2 aromatic carbocycles.